The second-order valence-corrected chi connectivity index (χ2v) is 15.7. The number of allylic oxidation sites excluding steroid dienone is 2. The Labute approximate surface area is 229 Å². The van der Waals surface area contributed by atoms with Gasteiger partial charge in [-0.2, -0.15) is 0 Å². The topological polar surface area (TPSA) is 69.7 Å². The second-order valence-electron chi connectivity index (χ2n) is 15.7. The van der Waals surface area contributed by atoms with Crippen LogP contribution in [-0.4, -0.2) is 30.9 Å². The van der Waals surface area contributed by atoms with Gasteiger partial charge in [-0.1, -0.05) is 47.1 Å². The van der Waals surface area contributed by atoms with Crippen molar-refractivity contribution in [3.63, 3.8) is 0 Å². The first-order valence-corrected chi connectivity index (χ1v) is 15.0. The summed E-state index contributed by atoms with van der Waals surface area (Å²) in [7, 11) is 1.50. The number of carbonyl (C=O) groups is 3. The lowest BCUT2D eigenvalue weighted by Gasteiger charge is -2.70. The molecule has 9 atom stereocenters. The van der Waals surface area contributed by atoms with Crippen LogP contribution in [0.2, 0.25) is 0 Å². The molecule has 0 radical (unpaired) electrons. The average Bonchev–Trinajstić information content (AvgIpc) is 2.82. The largest absolute Gasteiger partial charge is 0.469 e. The molecule has 0 aromatic heterocycles. The van der Waals surface area contributed by atoms with Gasteiger partial charge >= 0.3 is 11.9 Å². The molecule has 5 nitrogen and oxygen atoms in total. The summed E-state index contributed by atoms with van der Waals surface area (Å²) in [5, 5.41) is 0. The summed E-state index contributed by atoms with van der Waals surface area (Å²) < 4.78 is 11.1. The monoisotopic (exact) mass is 526 g/mol. The lowest BCUT2D eigenvalue weighted by Crippen LogP contribution is -2.66. The van der Waals surface area contributed by atoms with Crippen LogP contribution in [0.3, 0.4) is 0 Å². The molecule has 0 aromatic rings. The van der Waals surface area contributed by atoms with Gasteiger partial charge in [-0.15, -0.1) is 0 Å². The number of rotatable bonds is 2. The van der Waals surface area contributed by atoms with E-state index in [-0.39, 0.29) is 57.0 Å². The van der Waals surface area contributed by atoms with Crippen molar-refractivity contribution in [3.8, 4) is 0 Å². The first-order valence-electron chi connectivity index (χ1n) is 15.0. The molecule has 5 rings (SSSR count). The third kappa shape index (κ3) is 3.51. The minimum Gasteiger partial charge on any atom is -0.469 e. The highest BCUT2D eigenvalue weighted by Crippen LogP contribution is 2.75. The minimum absolute atomic E-state index is 0.0417. The molecular formula is C33H50O5. The summed E-state index contributed by atoms with van der Waals surface area (Å²) in [6, 6.07) is 0. The van der Waals surface area contributed by atoms with Crippen molar-refractivity contribution in [2.24, 2.45) is 50.2 Å². The fraction of sp³-hybridized carbons (Fsp3) is 0.848. The van der Waals surface area contributed by atoms with E-state index in [1.165, 1.54) is 19.6 Å². The first kappa shape index (κ1) is 27.9. The van der Waals surface area contributed by atoms with E-state index >= 15 is 0 Å². The van der Waals surface area contributed by atoms with Crippen molar-refractivity contribution in [1.29, 1.82) is 0 Å². The van der Waals surface area contributed by atoms with E-state index in [2.05, 4.69) is 54.5 Å². The molecule has 0 bridgehead atoms. The summed E-state index contributed by atoms with van der Waals surface area (Å²) in [4.78, 5) is 39.2. The Hall–Kier alpha value is -1.65. The smallest absolute Gasteiger partial charge is 0.311 e. The van der Waals surface area contributed by atoms with E-state index in [0.717, 1.165) is 57.8 Å². The quantitative estimate of drug-likeness (QED) is 0.360. The molecule has 0 aromatic carbocycles. The molecule has 4 saturated carbocycles. The van der Waals surface area contributed by atoms with Gasteiger partial charge in [0.1, 0.15) is 6.10 Å². The Bertz CT molecular complexity index is 1090. The van der Waals surface area contributed by atoms with Gasteiger partial charge in [0.2, 0.25) is 0 Å². The number of carbonyl (C=O) groups excluding carboxylic acids is 3. The lowest BCUT2D eigenvalue weighted by molar-refractivity contribution is -0.210. The van der Waals surface area contributed by atoms with E-state index in [0.29, 0.717) is 11.7 Å². The Kier molecular flexibility index (Phi) is 6.19. The van der Waals surface area contributed by atoms with Crippen molar-refractivity contribution >= 4 is 17.7 Å². The van der Waals surface area contributed by atoms with Gasteiger partial charge < -0.3 is 9.47 Å². The van der Waals surface area contributed by atoms with E-state index in [4.69, 9.17) is 9.47 Å². The molecule has 5 aliphatic rings. The summed E-state index contributed by atoms with van der Waals surface area (Å²) in [5.74, 6) is 0.474. The van der Waals surface area contributed by atoms with Gasteiger partial charge in [0, 0.05) is 18.3 Å². The molecule has 2 unspecified atom stereocenters. The first-order chi connectivity index (χ1) is 17.5. The zero-order valence-corrected chi connectivity index (χ0v) is 25.3. The summed E-state index contributed by atoms with van der Waals surface area (Å²) >= 11 is 0. The Morgan fingerprint density at radius 1 is 0.895 bits per heavy atom. The van der Waals surface area contributed by atoms with Crippen molar-refractivity contribution < 1.29 is 23.9 Å². The van der Waals surface area contributed by atoms with Crippen LogP contribution in [0.5, 0.6) is 0 Å². The van der Waals surface area contributed by atoms with Crippen LogP contribution < -0.4 is 0 Å². The van der Waals surface area contributed by atoms with Gasteiger partial charge in [-0.25, -0.2) is 0 Å². The molecule has 0 amide bonds. The maximum Gasteiger partial charge on any atom is 0.311 e. The van der Waals surface area contributed by atoms with Crippen molar-refractivity contribution in [3.05, 3.63) is 11.6 Å². The summed E-state index contributed by atoms with van der Waals surface area (Å²) in [5.41, 5.74) is 0.416. The fourth-order valence-corrected chi connectivity index (χ4v) is 11.0. The summed E-state index contributed by atoms with van der Waals surface area (Å²) in [6.45, 7) is 17.7. The number of methoxy groups -OCH3 is 1. The van der Waals surface area contributed by atoms with Crippen LogP contribution in [-0.2, 0) is 23.9 Å². The number of hydrogen-bond donors (Lipinski definition) is 0. The lowest BCUT2D eigenvalue weighted by atomic mass is 9.33. The highest BCUT2D eigenvalue weighted by Gasteiger charge is 2.70. The molecule has 5 heteroatoms. The van der Waals surface area contributed by atoms with Gasteiger partial charge in [0.25, 0.3) is 0 Å². The predicted molar refractivity (Wildman–Crippen MR) is 147 cm³/mol. The highest BCUT2D eigenvalue weighted by molar-refractivity contribution is 5.95. The molecular weight excluding hydrogens is 476 g/mol. The Morgan fingerprint density at radius 3 is 2.18 bits per heavy atom. The predicted octanol–water partition coefficient (Wildman–Crippen LogP) is 7.07. The maximum absolute atomic E-state index is 14.4. The molecule has 0 spiro atoms. The molecule has 0 saturated heterocycles. The number of ether oxygens (including phenoxy) is 2. The van der Waals surface area contributed by atoms with E-state index in [1.807, 2.05) is 0 Å². The van der Waals surface area contributed by atoms with Crippen molar-refractivity contribution in [1.82, 2.24) is 0 Å². The fourth-order valence-electron chi connectivity index (χ4n) is 11.0. The zero-order chi connectivity index (χ0) is 28.1. The van der Waals surface area contributed by atoms with E-state index in [1.54, 1.807) is 0 Å². The average molecular weight is 527 g/mol. The number of hydrogen-bond acceptors (Lipinski definition) is 5. The number of fused-ring (bicyclic) bond motifs is 7. The Balaban J connectivity index is 1.57. The standard InChI is InChI=1S/C33H50O5/c1-20(34)38-25-11-12-31(6)24(28(25,2)3)10-13-33(8)26(31)23(35)18-21-22-19-30(5,27(36)37-9)15-14-29(22,4)16-17-32(21,33)7/h18,22,24-26H,10-17,19H2,1-9H3/t22-,24?,25+,26?,29-,30+,31+,32-,33-/m1/s1. The number of esters is 2. The third-order valence-electron chi connectivity index (χ3n) is 13.5. The van der Waals surface area contributed by atoms with Crippen molar-refractivity contribution in [2.45, 2.75) is 119 Å². The van der Waals surface area contributed by atoms with Gasteiger partial charge in [0.15, 0.2) is 5.78 Å². The number of ketones is 1. The van der Waals surface area contributed by atoms with Crippen LogP contribution >= 0.6 is 0 Å². The zero-order valence-electron chi connectivity index (χ0n) is 25.3. The minimum atomic E-state index is -0.498. The third-order valence-corrected chi connectivity index (χ3v) is 13.5. The van der Waals surface area contributed by atoms with Gasteiger partial charge in [0.05, 0.1) is 12.5 Å². The normalized spacial score (nSPS) is 49.4. The molecule has 5 aliphatic carbocycles. The van der Waals surface area contributed by atoms with Crippen LogP contribution in [0.15, 0.2) is 11.6 Å². The van der Waals surface area contributed by atoms with E-state index in [9.17, 15) is 14.4 Å². The van der Waals surface area contributed by atoms with Crippen LogP contribution in [0.1, 0.15) is 113 Å². The highest BCUT2D eigenvalue weighted by atomic mass is 16.5. The van der Waals surface area contributed by atoms with E-state index < -0.39 is 5.41 Å². The molecule has 212 valence electrons. The SMILES string of the molecule is COC(=O)[C@@]1(C)CC[C@]2(C)CC[C@]3(C)C(=CC(=O)C4[C@@]5(C)CC[C@H](OC(C)=O)C(C)(C)C5CC[C@]43C)[C@H]2C1. The van der Waals surface area contributed by atoms with Crippen LogP contribution in [0.25, 0.3) is 0 Å². The Morgan fingerprint density at radius 2 is 1.55 bits per heavy atom. The molecule has 0 N–H and O–H groups in total. The molecule has 4 fully saturated rings. The van der Waals surface area contributed by atoms with Gasteiger partial charge in [-0.05, 0) is 104 Å². The molecule has 0 heterocycles. The van der Waals surface area contributed by atoms with Crippen LogP contribution in [0.4, 0.5) is 0 Å². The maximum atomic E-state index is 14.4. The molecule has 0 aliphatic heterocycles. The molecule has 38 heavy (non-hydrogen) atoms. The van der Waals surface area contributed by atoms with Crippen LogP contribution in [0, 0.1) is 50.2 Å². The van der Waals surface area contributed by atoms with Crippen molar-refractivity contribution in [2.75, 3.05) is 7.11 Å². The second kappa shape index (κ2) is 8.43. The van der Waals surface area contributed by atoms with Gasteiger partial charge in [-0.3, -0.25) is 14.4 Å². The summed E-state index contributed by atoms with van der Waals surface area (Å²) in [6.07, 6.45) is 10.6.